The number of carboxylic acids is 1. The van der Waals surface area contributed by atoms with E-state index < -0.39 is 5.97 Å². The van der Waals surface area contributed by atoms with Gasteiger partial charge in [-0.05, 0) is 19.4 Å². The highest BCUT2D eigenvalue weighted by Gasteiger charge is 1.97. The van der Waals surface area contributed by atoms with E-state index in [9.17, 15) is 0 Å². The van der Waals surface area contributed by atoms with E-state index in [0.717, 1.165) is 19.8 Å². The summed E-state index contributed by atoms with van der Waals surface area (Å²) in [6.07, 6.45) is 5.74. The van der Waals surface area contributed by atoms with E-state index in [4.69, 9.17) is 15.0 Å². The molecule has 1 rings (SSSR count). The summed E-state index contributed by atoms with van der Waals surface area (Å²) >= 11 is 0. The van der Waals surface area contributed by atoms with Crippen LogP contribution in [0.5, 0.6) is 0 Å². The minimum Gasteiger partial charge on any atom is -0.512 e. The van der Waals surface area contributed by atoms with Gasteiger partial charge in [-0.1, -0.05) is 11.6 Å². The maximum Gasteiger partial charge on any atom is 0.300 e. The molecule has 0 radical (unpaired) electrons. The lowest BCUT2D eigenvalue weighted by Crippen LogP contribution is -1.87. The summed E-state index contributed by atoms with van der Waals surface area (Å²) in [6, 6.07) is 0. The Morgan fingerprint density at radius 1 is 1.58 bits per heavy atom. The first-order valence-electron chi connectivity index (χ1n) is 3.78. The Hall–Kier alpha value is -1.25. The summed E-state index contributed by atoms with van der Waals surface area (Å²) in [5.41, 5.74) is 1.17. The van der Waals surface area contributed by atoms with Crippen LogP contribution >= 0.6 is 0 Å². The fraction of sp³-hybridized carbons (Fsp3) is 0.444. The van der Waals surface area contributed by atoms with Crippen molar-refractivity contribution in [2.75, 3.05) is 0 Å². The van der Waals surface area contributed by atoms with Crippen molar-refractivity contribution in [2.24, 2.45) is 0 Å². The summed E-state index contributed by atoms with van der Waals surface area (Å²) in [7, 11) is 0. The number of hydrogen-bond donors (Lipinski definition) is 2. The Morgan fingerprint density at radius 2 is 2.08 bits per heavy atom. The van der Waals surface area contributed by atoms with Gasteiger partial charge in [0.2, 0.25) is 0 Å². The number of allylic oxidation sites excluding steroid dienone is 4. The van der Waals surface area contributed by atoms with Crippen LogP contribution in [0, 0.1) is 0 Å². The number of rotatable bonds is 0. The van der Waals surface area contributed by atoms with Gasteiger partial charge in [-0.2, -0.15) is 0 Å². The molecule has 0 aromatic heterocycles. The molecule has 1 aliphatic rings. The Morgan fingerprint density at radius 3 is 2.33 bits per heavy atom. The number of aliphatic carboxylic acids is 1. The number of carboxylic acid groups (broad SMARTS) is 1. The normalized spacial score (nSPS) is 15.2. The second-order valence-electron chi connectivity index (χ2n) is 2.64. The maximum absolute atomic E-state index is 9.00. The molecule has 0 bridgehead atoms. The van der Waals surface area contributed by atoms with Crippen LogP contribution in [-0.4, -0.2) is 16.2 Å². The van der Waals surface area contributed by atoms with Crippen LogP contribution in [-0.2, 0) is 4.79 Å². The molecule has 0 aliphatic heterocycles. The zero-order valence-corrected chi connectivity index (χ0v) is 7.37. The maximum atomic E-state index is 9.00. The minimum absolute atomic E-state index is 0.519. The number of carbonyl (C=O) groups is 1. The molecule has 0 unspecified atom stereocenters. The molecule has 1 aliphatic carbocycles. The van der Waals surface area contributed by atoms with Gasteiger partial charge in [-0.15, -0.1) is 0 Å². The molecule has 0 atom stereocenters. The molecule has 0 saturated carbocycles. The average Bonchev–Trinajstić information content (AvgIpc) is 1.84. The summed E-state index contributed by atoms with van der Waals surface area (Å²) < 4.78 is 0. The molecule has 12 heavy (non-hydrogen) atoms. The second kappa shape index (κ2) is 5.41. The van der Waals surface area contributed by atoms with Crippen molar-refractivity contribution in [3.8, 4) is 0 Å². The third kappa shape index (κ3) is 6.86. The topological polar surface area (TPSA) is 57.5 Å². The molecule has 68 valence electrons. The molecule has 0 fully saturated rings. The summed E-state index contributed by atoms with van der Waals surface area (Å²) in [5.74, 6) is -0.315. The van der Waals surface area contributed by atoms with Gasteiger partial charge in [0.15, 0.2) is 0 Å². The zero-order valence-electron chi connectivity index (χ0n) is 7.37. The van der Waals surface area contributed by atoms with Gasteiger partial charge in [0.05, 0.1) is 5.76 Å². The van der Waals surface area contributed by atoms with Crippen molar-refractivity contribution in [3.05, 3.63) is 23.5 Å². The summed E-state index contributed by atoms with van der Waals surface area (Å²) in [4.78, 5) is 9.00. The molecule has 0 spiro atoms. The van der Waals surface area contributed by atoms with Crippen LogP contribution < -0.4 is 0 Å². The van der Waals surface area contributed by atoms with Gasteiger partial charge >= 0.3 is 0 Å². The van der Waals surface area contributed by atoms with Crippen LogP contribution in [0.4, 0.5) is 0 Å². The quantitative estimate of drug-likeness (QED) is 0.586. The van der Waals surface area contributed by atoms with E-state index in [1.165, 1.54) is 5.57 Å². The van der Waals surface area contributed by atoms with Gasteiger partial charge in [-0.3, -0.25) is 4.79 Å². The van der Waals surface area contributed by atoms with Crippen LogP contribution in [0.2, 0.25) is 0 Å². The number of aliphatic hydroxyl groups excluding tert-OH is 1. The van der Waals surface area contributed by atoms with E-state index in [-0.39, 0.29) is 0 Å². The highest BCUT2D eigenvalue weighted by Crippen LogP contribution is 2.13. The smallest absolute Gasteiger partial charge is 0.300 e. The molecule has 0 amide bonds. The standard InChI is InChI=1S/C7H10O.C2H4O2/c1-6-3-2-4-7(8)5-6;1-2(3)4/h3,5,8H,2,4H2,1H3;1H3,(H,3,4). The molecule has 2 N–H and O–H groups in total. The van der Waals surface area contributed by atoms with Gasteiger partial charge in [-0.25, -0.2) is 0 Å². The average molecular weight is 170 g/mol. The van der Waals surface area contributed by atoms with E-state index >= 15 is 0 Å². The highest BCUT2D eigenvalue weighted by molar-refractivity contribution is 5.62. The van der Waals surface area contributed by atoms with E-state index in [1.54, 1.807) is 0 Å². The third-order valence-electron chi connectivity index (χ3n) is 1.26. The first-order valence-corrected chi connectivity index (χ1v) is 3.78. The van der Waals surface area contributed by atoms with Crippen molar-refractivity contribution in [3.63, 3.8) is 0 Å². The predicted molar refractivity (Wildman–Crippen MR) is 47.0 cm³/mol. The fourth-order valence-electron chi connectivity index (χ4n) is 0.842. The molecule has 0 heterocycles. The third-order valence-corrected chi connectivity index (χ3v) is 1.26. The van der Waals surface area contributed by atoms with E-state index in [1.807, 2.05) is 13.0 Å². The van der Waals surface area contributed by atoms with Crippen molar-refractivity contribution in [1.29, 1.82) is 0 Å². The van der Waals surface area contributed by atoms with Crippen LogP contribution in [0.3, 0.4) is 0 Å². The zero-order chi connectivity index (χ0) is 9.56. The molecular weight excluding hydrogens is 156 g/mol. The van der Waals surface area contributed by atoms with Crippen LogP contribution in [0.15, 0.2) is 23.5 Å². The minimum atomic E-state index is -0.833. The van der Waals surface area contributed by atoms with Crippen molar-refractivity contribution in [2.45, 2.75) is 26.7 Å². The Balaban J connectivity index is 0.000000261. The number of hydrogen-bond acceptors (Lipinski definition) is 2. The number of aliphatic hydroxyl groups is 1. The predicted octanol–water partition coefficient (Wildman–Crippen LogP) is 2.26. The SMILES string of the molecule is CC(=O)O.CC1=CCCC(O)=C1. The molecule has 3 nitrogen and oxygen atoms in total. The molecular formula is C9H14O3. The fourth-order valence-corrected chi connectivity index (χ4v) is 0.842. The summed E-state index contributed by atoms with van der Waals surface area (Å²) in [6.45, 7) is 3.08. The van der Waals surface area contributed by atoms with Crippen molar-refractivity contribution >= 4 is 5.97 Å². The lowest BCUT2D eigenvalue weighted by Gasteiger charge is -2.03. The molecule has 0 aromatic carbocycles. The van der Waals surface area contributed by atoms with Crippen LogP contribution in [0.25, 0.3) is 0 Å². The van der Waals surface area contributed by atoms with Gasteiger partial charge in [0, 0.05) is 13.3 Å². The van der Waals surface area contributed by atoms with Crippen molar-refractivity contribution < 1.29 is 15.0 Å². The first-order chi connectivity index (χ1) is 5.52. The highest BCUT2D eigenvalue weighted by atomic mass is 16.4. The van der Waals surface area contributed by atoms with E-state index in [2.05, 4.69) is 6.08 Å². The Bertz CT molecular complexity index is 210. The monoisotopic (exact) mass is 170 g/mol. The lowest BCUT2D eigenvalue weighted by molar-refractivity contribution is -0.134. The molecule has 3 heteroatoms. The lowest BCUT2D eigenvalue weighted by atomic mass is 10.1. The largest absolute Gasteiger partial charge is 0.512 e. The second-order valence-corrected chi connectivity index (χ2v) is 2.64. The van der Waals surface area contributed by atoms with Gasteiger partial charge in [0.25, 0.3) is 5.97 Å². The Kier molecular flexibility index (Phi) is 4.84. The van der Waals surface area contributed by atoms with Gasteiger partial charge < -0.3 is 10.2 Å². The van der Waals surface area contributed by atoms with Gasteiger partial charge in [0.1, 0.15) is 0 Å². The van der Waals surface area contributed by atoms with Crippen LogP contribution in [0.1, 0.15) is 26.7 Å². The molecule has 0 aromatic rings. The van der Waals surface area contributed by atoms with Crippen molar-refractivity contribution in [1.82, 2.24) is 0 Å². The van der Waals surface area contributed by atoms with E-state index in [0.29, 0.717) is 5.76 Å². The Labute approximate surface area is 72.0 Å². The first kappa shape index (κ1) is 10.8. The molecule has 0 saturated heterocycles. The summed E-state index contributed by atoms with van der Waals surface area (Å²) in [5, 5.41) is 16.3.